The zero-order valence-corrected chi connectivity index (χ0v) is 18.3. The lowest BCUT2D eigenvalue weighted by Crippen LogP contribution is -2.41. The Labute approximate surface area is 186 Å². The molecule has 170 valence electrons. The molecular weight excluding hydrogens is 465 g/mol. The van der Waals surface area contributed by atoms with Crippen LogP contribution in [0, 0.1) is 5.92 Å². The molecule has 1 aromatic heterocycles. The standard InChI is InChI=1S/C21H19F3N2O4S2/c22-21(23,24)15-5-1-4-8-18(15)32(28,29)26-11-9-14(10-12-26)20(27)30-13-19-25-16-6-2-3-7-17(16)31-19/h1-8,14H,9-13H2. The van der Waals surface area contributed by atoms with Gasteiger partial charge in [0, 0.05) is 13.1 Å². The molecule has 0 spiro atoms. The fourth-order valence-electron chi connectivity index (χ4n) is 3.63. The number of esters is 1. The lowest BCUT2D eigenvalue weighted by molar-refractivity contribution is -0.151. The van der Waals surface area contributed by atoms with Crippen molar-refractivity contribution >= 4 is 37.5 Å². The van der Waals surface area contributed by atoms with E-state index in [1.807, 2.05) is 24.3 Å². The van der Waals surface area contributed by atoms with Crippen LogP contribution in [-0.2, 0) is 32.3 Å². The highest BCUT2D eigenvalue weighted by atomic mass is 32.2. The fraction of sp³-hybridized carbons (Fsp3) is 0.333. The topological polar surface area (TPSA) is 76.6 Å². The number of rotatable bonds is 5. The Bertz CT molecular complexity index is 1200. The highest BCUT2D eigenvalue weighted by Crippen LogP contribution is 2.36. The molecule has 4 rings (SSSR count). The van der Waals surface area contributed by atoms with E-state index in [2.05, 4.69) is 4.98 Å². The number of piperidine rings is 1. The smallest absolute Gasteiger partial charge is 0.417 e. The average molecular weight is 485 g/mol. The molecule has 0 saturated carbocycles. The molecule has 0 atom stereocenters. The fourth-order valence-corrected chi connectivity index (χ4v) is 6.19. The molecule has 0 unspecified atom stereocenters. The van der Waals surface area contributed by atoms with E-state index in [-0.39, 0.29) is 32.5 Å². The summed E-state index contributed by atoms with van der Waals surface area (Å²) in [5.74, 6) is -0.981. The summed E-state index contributed by atoms with van der Waals surface area (Å²) in [5.41, 5.74) is -0.376. The minimum absolute atomic E-state index is 0.0235. The quantitative estimate of drug-likeness (QED) is 0.500. The lowest BCUT2D eigenvalue weighted by atomic mass is 9.98. The third-order valence-corrected chi connectivity index (χ3v) is 8.24. The minimum atomic E-state index is -4.79. The SMILES string of the molecule is O=C(OCc1nc2ccccc2s1)C1CCN(S(=O)(=O)c2ccccc2C(F)(F)F)CC1. The first-order valence-electron chi connectivity index (χ1n) is 9.84. The number of benzene rings is 2. The van der Waals surface area contributed by atoms with E-state index in [0.29, 0.717) is 5.01 Å². The summed E-state index contributed by atoms with van der Waals surface area (Å²) in [5, 5.41) is 0.656. The van der Waals surface area contributed by atoms with Crippen molar-refractivity contribution in [2.45, 2.75) is 30.5 Å². The van der Waals surface area contributed by atoms with Gasteiger partial charge in [-0.3, -0.25) is 4.79 Å². The van der Waals surface area contributed by atoms with Crippen LogP contribution >= 0.6 is 11.3 Å². The molecule has 0 N–H and O–H groups in total. The van der Waals surface area contributed by atoms with Crippen molar-refractivity contribution < 1.29 is 31.1 Å². The first-order valence-corrected chi connectivity index (χ1v) is 12.1. The van der Waals surface area contributed by atoms with Gasteiger partial charge in [-0.25, -0.2) is 13.4 Å². The van der Waals surface area contributed by atoms with E-state index >= 15 is 0 Å². The number of hydrogen-bond donors (Lipinski definition) is 0. The second-order valence-corrected chi connectivity index (χ2v) is 10.4. The number of halogens is 3. The molecule has 1 aliphatic rings. The van der Waals surface area contributed by atoms with Crippen LogP contribution in [0.25, 0.3) is 10.2 Å². The van der Waals surface area contributed by atoms with Crippen LogP contribution in [-0.4, -0.2) is 36.8 Å². The molecule has 11 heteroatoms. The molecule has 2 heterocycles. The van der Waals surface area contributed by atoms with Gasteiger partial charge in [-0.2, -0.15) is 17.5 Å². The molecule has 3 aromatic rings. The molecule has 2 aromatic carbocycles. The molecule has 32 heavy (non-hydrogen) atoms. The Morgan fingerprint density at radius 2 is 1.75 bits per heavy atom. The number of carbonyl (C=O) groups excluding carboxylic acids is 1. The van der Waals surface area contributed by atoms with Gasteiger partial charge < -0.3 is 4.74 Å². The molecule has 0 radical (unpaired) electrons. The maximum Gasteiger partial charge on any atom is 0.417 e. The van der Waals surface area contributed by atoms with Gasteiger partial charge in [0.15, 0.2) is 0 Å². The van der Waals surface area contributed by atoms with Crippen LogP contribution in [0.4, 0.5) is 13.2 Å². The van der Waals surface area contributed by atoms with Crippen LogP contribution in [0.2, 0.25) is 0 Å². The van der Waals surface area contributed by atoms with Gasteiger partial charge in [-0.1, -0.05) is 24.3 Å². The van der Waals surface area contributed by atoms with E-state index in [0.717, 1.165) is 32.7 Å². The van der Waals surface area contributed by atoms with Gasteiger partial charge in [0.2, 0.25) is 10.0 Å². The predicted octanol–water partition coefficient (Wildman–Crippen LogP) is 4.46. The molecular formula is C21H19F3N2O4S2. The zero-order valence-electron chi connectivity index (χ0n) is 16.7. The summed E-state index contributed by atoms with van der Waals surface area (Å²) >= 11 is 1.42. The summed E-state index contributed by atoms with van der Waals surface area (Å²) in [6.45, 7) is -0.0967. The van der Waals surface area contributed by atoms with E-state index < -0.39 is 38.5 Å². The van der Waals surface area contributed by atoms with Gasteiger partial charge >= 0.3 is 12.1 Å². The highest BCUT2D eigenvalue weighted by Gasteiger charge is 2.40. The normalized spacial score (nSPS) is 16.3. The van der Waals surface area contributed by atoms with Crippen molar-refractivity contribution in [3.05, 3.63) is 59.1 Å². The van der Waals surface area contributed by atoms with Crippen molar-refractivity contribution in [1.82, 2.24) is 9.29 Å². The summed E-state index contributed by atoms with van der Waals surface area (Å²) < 4.78 is 72.8. The second kappa shape index (κ2) is 8.80. The molecule has 0 aliphatic carbocycles. The number of aromatic nitrogens is 1. The number of sulfonamides is 1. The molecule has 1 fully saturated rings. The van der Waals surface area contributed by atoms with Crippen molar-refractivity contribution in [1.29, 1.82) is 0 Å². The number of nitrogens with zero attached hydrogens (tertiary/aromatic N) is 2. The second-order valence-electron chi connectivity index (χ2n) is 7.36. The molecule has 1 saturated heterocycles. The van der Waals surface area contributed by atoms with Crippen LogP contribution in [0.5, 0.6) is 0 Å². The first kappa shape index (κ1) is 22.7. The average Bonchev–Trinajstić information content (AvgIpc) is 3.20. The Morgan fingerprint density at radius 1 is 1.09 bits per heavy atom. The Kier molecular flexibility index (Phi) is 6.24. The van der Waals surface area contributed by atoms with E-state index in [9.17, 15) is 26.4 Å². The van der Waals surface area contributed by atoms with Crippen molar-refractivity contribution in [2.24, 2.45) is 5.92 Å². The van der Waals surface area contributed by atoms with Crippen LogP contribution in [0.1, 0.15) is 23.4 Å². The molecule has 0 bridgehead atoms. The van der Waals surface area contributed by atoms with E-state index in [1.54, 1.807) is 0 Å². The monoisotopic (exact) mass is 484 g/mol. The van der Waals surface area contributed by atoms with Crippen molar-refractivity contribution in [3.63, 3.8) is 0 Å². The molecule has 1 aliphatic heterocycles. The maximum absolute atomic E-state index is 13.3. The maximum atomic E-state index is 13.3. The van der Waals surface area contributed by atoms with Gasteiger partial charge in [0.25, 0.3) is 0 Å². The summed E-state index contributed by atoms with van der Waals surface area (Å²) in [6, 6.07) is 11.7. The lowest BCUT2D eigenvalue weighted by Gasteiger charge is -2.30. The number of hydrogen-bond acceptors (Lipinski definition) is 6. The molecule has 6 nitrogen and oxygen atoms in total. The van der Waals surface area contributed by atoms with Crippen molar-refractivity contribution in [3.8, 4) is 0 Å². The Morgan fingerprint density at radius 3 is 2.44 bits per heavy atom. The predicted molar refractivity (Wildman–Crippen MR) is 112 cm³/mol. The summed E-state index contributed by atoms with van der Waals surface area (Å²) in [7, 11) is -4.34. The van der Waals surface area contributed by atoms with Crippen LogP contribution in [0.3, 0.4) is 0 Å². The highest BCUT2D eigenvalue weighted by molar-refractivity contribution is 7.89. The van der Waals surface area contributed by atoms with E-state index in [1.165, 1.54) is 17.4 Å². The van der Waals surface area contributed by atoms with Gasteiger partial charge in [0.1, 0.15) is 11.6 Å². The number of thiazole rings is 1. The number of carbonyl (C=O) groups is 1. The van der Waals surface area contributed by atoms with E-state index in [4.69, 9.17) is 4.74 Å². The minimum Gasteiger partial charge on any atom is -0.458 e. The van der Waals surface area contributed by atoms with Gasteiger partial charge in [0.05, 0.1) is 26.6 Å². The number of ether oxygens (including phenoxy) is 1. The largest absolute Gasteiger partial charge is 0.458 e. The van der Waals surface area contributed by atoms with Crippen LogP contribution < -0.4 is 0 Å². The summed E-state index contributed by atoms with van der Waals surface area (Å²) in [4.78, 5) is 16.1. The number of alkyl halides is 3. The Hall–Kier alpha value is -2.50. The van der Waals surface area contributed by atoms with Crippen molar-refractivity contribution in [2.75, 3.05) is 13.1 Å². The van der Waals surface area contributed by atoms with Gasteiger partial charge in [-0.15, -0.1) is 11.3 Å². The number of fused-ring (bicyclic) bond motifs is 1. The number of para-hydroxylation sites is 1. The third kappa shape index (κ3) is 4.64. The summed E-state index contributed by atoms with van der Waals surface area (Å²) in [6.07, 6.45) is -4.44. The molecule has 0 amide bonds. The Balaban J connectivity index is 1.38. The van der Waals surface area contributed by atoms with Crippen LogP contribution in [0.15, 0.2) is 53.4 Å². The zero-order chi connectivity index (χ0) is 22.9. The first-order chi connectivity index (χ1) is 15.2. The third-order valence-electron chi connectivity index (χ3n) is 5.27. The van der Waals surface area contributed by atoms with Gasteiger partial charge in [-0.05, 0) is 37.1 Å².